The molecule has 0 atom stereocenters. The number of methoxy groups -OCH3 is 2. The van der Waals surface area contributed by atoms with Crippen LogP contribution in [0.1, 0.15) is 56.9 Å². The van der Waals surface area contributed by atoms with Gasteiger partial charge < -0.3 is 14.8 Å². The maximum atomic E-state index is 13.1. The van der Waals surface area contributed by atoms with Crippen molar-refractivity contribution in [1.82, 2.24) is 15.1 Å². The fourth-order valence-electron chi connectivity index (χ4n) is 4.14. The van der Waals surface area contributed by atoms with Gasteiger partial charge in [-0.05, 0) is 55.5 Å². The van der Waals surface area contributed by atoms with E-state index in [0.717, 1.165) is 54.6 Å². The van der Waals surface area contributed by atoms with Gasteiger partial charge in [-0.25, -0.2) is 9.48 Å². The van der Waals surface area contributed by atoms with Crippen molar-refractivity contribution in [3.63, 3.8) is 0 Å². The Morgan fingerprint density at radius 2 is 1.81 bits per heavy atom. The summed E-state index contributed by atoms with van der Waals surface area (Å²) < 4.78 is 12.0. The van der Waals surface area contributed by atoms with Gasteiger partial charge in [-0.15, -0.1) is 0 Å². The van der Waals surface area contributed by atoms with Crippen LogP contribution in [0.3, 0.4) is 0 Å². The molecule has 0 bridgehead atoms. The number of carbonyl (C=O) groups is 2. The van der Waals surface area contributed by atoms with E-state index in [1.54, 1.807) is 12.1 Å². The zero-order chi connectivity index (χ0) is 22.5. The highest BCUT2D eigenvalue weighted by atomic mass is 16.5. The molecule has 2 aromatic carbocycles. The van der Waals surface area contributed by atoms with Gasteiger partial charge in [-0.1, -0.05) is 30.7 Å². The van der Waals surface area contributed by atoms with Crippen LogP contribution in [0.2, 0.25) is 0 Å². The molecule has 0 aliphatic heterocycles. The zero-order valence-corrected chi connectivity index (χ0v) is 18.4. The highest BCUT2D eigenvalue weighted by Gasteiger charge is 2.24. The van der Waals surface area contributed by atoms with E-state index in [0.29, 0.717) is 17.0 Å². The Bertz CT molecular complexity index is 1120. The van der Waals surface area contributed by atoms with E-state index >= 15 is 0 Å². The van der Waals surface area contributed by atoms with E-state index in [-0.39, 0.29) is 12.5 Å². The molecule has 7 heteroatoms. The number of aromatic nitrogens is 2. The van der Waals surface area contributed by atoms with Gasteiger partial charge in [0.25, 0.3) is 5.91 Å². The second-order valence-corrected chi connectivity index (χ2v) is 7.79. The number of carbonyl (C=O) groups excluding carboxylic acids is 2. The number of hydrogen-bond donors (Lipinski definition) is 1. The van der Waals surface area contributed by atoms with Crippen molar-refractivity contribution in [3.05, 3.63) is 76.6 Å². The van der Waals surface area contributed by atoms with Crippen LogP contribution in [0.25, 0.3) is 5.69 Å². The molecule has 0 saturated carbocycles. The minimum atomic E-state index is -0.484. The fourth-order valence-corrected chi connectivity index (χ4v) is 4.14. The van der Waals surface area contributed by atoms with E-state index in [9.17, 15) is 9.59 Å². The first kappa shape index (κ1) is 21.6. The molecule has 1 aliphatic rings. The Kier molecular flexibility index (Phi) is 6.54. The number of ether oxygens (including phenoxy) is 2. The molecule has 0 radical (unpaired) electrons. The first-order valence-electron chi connectivity index (χ1n) is 10.8. The van der Waals surface area contributed by atoms with Gasteiger partial charge in [0.2, 0.25) is 0 Å². The van der Waals surface area contributed by atoms with E-state index in [2.05, 4.69) is 5.32 Å². The molecule has 0 spiro atoms. The predicted molar refractivity (Wildman–Crippen MR) is 120 cm³/mol. The lowest BCUT2D eigenvalue weighted by molar-refractivity contribution is 0.0597. The van der Waals surface area contributed by atoms with Gasteiger partial charge in [0.15, 0.2) is 5.69 Å². The number of nitrogens with one attached hydrogen (secondary N) is 1. The minimum absolute atomic E-state index is 0.215. The molecule has 3 aromatic rings. The van der Waals surface area contributed by atoms with Gasteiger partial charge in [-0.3, -0.25) is 4.79 Å². The SMILES string of the molecule is COC(=O)c1cc(CNC(=O)c2nn(-c3ccccc3)c3c2CCCCC3)ccc1OC. The molecule has 7 nitrogen and oxygen atoms in total. The summed E-state index contributed by atoms with van der Waals surface area (Å²) in [6.07, 6.45) is 5.04. The summed E-state index contributed by atoms with van der Waals surface area (Å²) in [5.41, 5.74) is 4.69. The third kappa shape index (κ3) is 4.37. The molecule has 1 heterocycles. The summed E-state index contributed by atoms with van der Waals surface area (Å²) in [6, 6.07) is 15.1. The van der Waals surface area contributed by atoms with Crippen molar-refractivity contribution >= 4 is 11.9 Å². The van der Waals surface area contributed by atoms with Crippen LogP contribution in [0.15, 0.2) is 48.5 Å². The number of amides is 1. The van der Waals surface area contributed by atoms with Gasteiger partial charge in [-0.2, -0.15) is 5.10 Å². The van der Waals surface area contributed by atoms with Crippen LogP contribution < -0.4 is 10.1 Å². The number of rotatable bonds is 6. The van der Waals surface area contributed by atoms with E-state index in [4.69, 9.17) is 14.6 Å². The molecule has 32 heavy (non-hydrogen) atoms. The smallest absolute Gasteiger partial charge is 0.341 e. The Morgan fingerprint density at radius 3 is 2.56 bits per heavy atom. The lowest BCUT2D eigenvalue weighted by Crippen LogP contribution is -2.24. The zero-order valence-electron chi connectivity index (χ0n) is 18.4. The summed E-state index contributed by atoms with van der Waals surface area (Å²) in [6.45, 7) is 0.264. The third-order valence-electron chi connectivity index (χ3n) is 5.77. The lowest BCUT2D eigenvalue weighted by atomic mass is 10.1. The maximum Gasteiger partial charge on any atom is 0.341 e. The molecular weight excluding hydrogens is 406 g/mol. The van der Waals surface area contributed by atoms with Crippen LogP contribution in [-0.2, 0) is 24.1 Å². The van der Waals surface area contributed by atoms with Crippen molar-refractivity contribution in [2.24, 2.45) is 0 Å². The Morgan fingerprint density at radius 1 is 1.03 bits per heavy atom. The van der Waals surface area contributed by atoms with Crippen LogP contribution >= 0.6 is 0 Å². The first-order valence-corrected chi connectivity index (χ1v) is 10.8. The second kappa shape index (κ2) is 9.68. The topological polar surface area (TPSA) is 82.5 Å². The summed E-state index contributed by atoms with van der Waals surface area (Å²) >= 11 is 0. The molecule has 1 aliphatic carbocycles. The number of para-hydroxylation sites is 1. The largest absolute Gasteiger partial charge is 0.496 e. The van der Waals surface area contributed by atoms with E-state index in [1.807, 2.05) is 41.1 Å². The third-order valence-corrected chi connectivity index (χ3v) is 5.77. The van der Waals surface area contributed by atoms with Crippen molar-refractivity contribution in [3.8, 4) is 11.4 Å². The average Bonchev–Trinajstić information content (AvgIpc) is 3.03. The van der Waals surface area contributed by atoms with Crippen molar-refractivity contribution in [2.75, 3.05) is 14.2 Å². The predicted octanol–water partition coefficient (Wildman–Crippen LogP) is 3.87. The molecule has 1 amide bonds. The van der Waals surface area contributed by atoms with Gasteiger partial charge >= 0.3 is 5.97 Å². The van der Waals surface area contributed by atoms with Gasteiger partial charge in [0.05, 0.1) is 19.9 Å². The van der Waals surface area contributed by atoms with E-state index in [1.165, 1.54) is 14.2 Å². The fraction of sp³-hybridized carbons (Fsp3) is 0.320. The Labute approximate surface area is 187 Å². The quantitative estimate of drug-likeness (QED) is 0.471. The molecule has 166 valence electrons. The van der Waals surface area contributed by atoms with Crippen LogP contribution in [0.4, 0.5) is 0 Å². The van der Waals surface area contributed by atoms with Crippen molar-refractivity contribution in [2.45, 2.75) is 38.6 Å². The second-order valence-electron chi connectivity index (χ2n) is 7.79. The van der Waals surface area contributed by atoms with E-state index < -0.39 is 5.97 Å². The van der Waals surface area contributed by atoms with Crippen LogP contribution in [0.5, 0.6) is 5.75 Å². The molecule has 0 saturated heterocycles. The molecule has 1 aromatic heterocycles. The maximum absolute atomic E-state index is 13.1. The average molecular weight is 434 g/mol. The summed E-state index contributed by atoms with van der Waals surface area (Å²) in [4.78, 5) is 25.2. The molecule has 0 unspecified atom stereocenters. The van der Waals surface area contributed by atoms with Crippen molar-refractivity contribution < 1.29 is 19.1 Å². The lowest BCUT2D eigenvalue weighted by Gasteiger charge is -2.10. The van der Waals surface area contributed by atoms with Crippen LogP contribution in [0, 0.1) is 0 Å². The van der Waals surface area contributed by atoms with Crippen molar-refractivity contribution in [1.29, 1.82) is 0 Å². The number of nitrogens with zero attached hydrogens (tertiary/aromatic N) is 2. The standard InChI is InChI=1S/C25H27N3O4/c1-31-22-14-13-17(15-20(22)25(30)32-2)16-26-24(29)23-19-11-7-4-8-12-21(19)28(27-23)18-9-5-3-6-10-18/h3,5-6,9-10,13-15H,4,7-8,11-12,16H2,1-2H3,(H,26,29). The number of benzene rings is 2. The molecule has 4 rings (SSSR count). The minimum Gasteiger partial charge on any atom is -0.496 e. The van der Waals surface area contributed by atoms with Gasteiger partial charge in [0, 0.05) is 17.8 Å². The molecular formula is C25H27N3O4. The summed E-state index contributed by atoms with van der Waals surface area (Å²) in [7, 11) is 2.82. The van der Waals surface area contributed by atoms with Gasteiger partial charge in [0.1, 0.15) is 11.3 Å². The number of esters is 1. The summed E-state index contributed by atoms with van der Waals surface area (Å²) in [5, 5.41) is 7.68. The first-order chi connectivity index (χ1) is 15.6. The normalized spacial score (nSPS) is 13.1. The highest BCUT2D eigenvalue weighted by Crippen LogP contribution is 2.27. The Hall–Kier alpha value is -3.61. The molecule has 0 fully saturated rings. The summed E-state index contributed by atoms with van der Waals surface area (Å²) in [5.74, 6) is -0.269. The number of fused-ring (bicyclic) bond motifs is 1. The highest BCUT2D eigenvalue weighted by molar-refractivity contribution is 5.94. The monoisotopic (exact) mass is 433 g/mol. The van der Waals surface area contributed by atoms with Crippen LogP contribution in [-0.4, -0.2) is 35.9 Å². The molecule has 1 N–H and O–H groups in total. The Balaban J connectivity index is 1.59. The number of hydrogen-bond acceptors (Lipinski definition) is 5.